The van der Waals surface area contributed by atoms with Crippen LogP contribution in [0, 0.1) is 10.1 Å². The molecule has 1 N–H and O–H groups in total. The van der Waals surface area contributed by atoms with E-state index in [0.29, 0.717) is 0 Å². The molecule has 0 unspecified atom stereocenters. The van der Waals surface area contributed by atoms with Gasteiger partial charge >= 0.3 is 21.5 Å². The zero-order valence-corrected chi connectivity index (χ0v) is 15.4. The summed E-state index contributed by atoms with van der Waals surface area (Å²) in [5.74, 6) is 0. The van der Waals surface area contributed by atoms with Crippen molar-refractivity contribution in [3.63, 3.8) is 0 Å². The normalized spacial score (nSPS) is 16.0. The summed E-state index contributed by atoms with van der Waals surface area (Å²) in [5.41, 5.74) is -1.50. The summed E-state index contributed by atoms with van der Waals surface area (Å²) in [4.78, 5) is 41.5. The third-order valence-corrected chi connectivity index (χ3v) is 5.22. The number of nitrogens with zero attached hydrogens (tertiary/aromatic N) is 4. The lowest BCUT2D eigenvalue weighted by molar-refractivity contribution is -0.384. The molecule has 1 aliphatic rings. The number of nitro groups is 1. The van der Waals surface area contributed by atoms with Gasteiger partial charge in [-0.15, -0.1) is 0 Å². The summed E-state index contributed by atoms with van der Waals surface area (Å²) >= 11 is 0. The van der Waals surface area contributed by atoms with Crippen LogP contribution >= 0.6 is 0 Å². The molecule has 13 nitrogen and oxygen atoms in total. The lowest BCUT2D eigenvalue weighted by Crippen LogP contribution is -2.38. The molecule has 0 aliphatic carbocycles. The molecular formula is C15H13N5O8S. The fourth-order valence-electron chi connectivity index (χ4n) is 3.06. The Morgan fingerprint density at radius 3 is 2.66 bits per heavy atom. The lowest BCUT2D eigenvalue weighted by atomic mass is 10.2. The van der Waals surface area contributed by atoms with Gasteiger partial charge in [0.05, 0.1) is 22.3 Å². The molecule has 0 saturated carbocycles. The zero-order chi connectivity index (χ0) is 20.8. The molecule has 0 bridgehead atoms. The average molecular weight is 423 g/mol. The Labute approximate surface area is 161 Å². The van der Waals surface area contributed by atoms with Crippen LogP contribution in [0.2, 0.25) is 0 Å². The van der Waals surface area contributed by atoms with Crippen LogP contribution in [-0.2, 0) is 25.3 Å². The number of imidazole rings is 1. The van der Waals surface area contributed by atoms with Gasteiger partial charge in [-0.25, -0.2) is 13.4 Å². The fourth-order valence-corrected chi connectivity index (χ4v) is 3.79. The fraction of sp³-hybridized carbons (Fsp3) is 0.267. The first kappa shape index (κ1) is 19.0. The summed E-state index contributed by atoms with van der Waals surface area (Å²) in [7, 11) is -3.91. The van der Waals surface area contributed by atoms with Gasteiger partial charge < -0.3 is 14.1 Å². The standard InChI is InChI=1S/C15H13N5O8S/c21-14-15(22)19(4-1-2-13-27-29(25,26)28-13)10-7-11(18-5-3-16-8-18)12(20(23)24)6-9(10)17-14/h3,5-8,13H,1-2,4H2,(H,17,21). The van der Waals surface area contributed by atoms with Gasteiger partial charge in [0.25, 0.3) is 5.69 Å². The number of nitrogens with one attached hydrogen (secondary N) is 1. The number of hydrogen-bond acceptors (Lipinski definition) is 9. The second-order valence-electron chi connectivity index (χ2n) is 6.17. The van der Waals surface area contributed by atoms with Crippen molar-refractivity contribution >= 4 is 27.1 Å². The number of fused-ring (bicyclic) bond motifs is 1. The second kappa shape index (κ2) is 6.91. The molecule has 0 radical (unpaired) electrons. The minimum Gasteiger partial charge on any atom is -0.316 e. The molecule has 0 atom stereocenters. The maximum atomic E-state index is 12.4. The quantitative estimate of drug-likeness (QED) is 0.330. The molecule has 1 aliphatic heterocycles. The maximum absolute atomic E-state index is 12.4. The van der Waals surface area contributed by atoms with Gasteiger partial charge in [0.1, 0.15) is 5.69 Å². The topological polar surface area (TPSA) is 168 Å². The van der Waals surface area contributed by atoms with E-state index in [9.17, 15) is 28.1 Å². The van der Waals surface area contributed by atoms with Crippen molar-refractivity contribution in [1.82, 2.24) is 19.1 Å². The van der Waals surface area contributed by atoms with Crippen LogP contribution in [0.15, 0.2) is 40.4 Å². The van der Waals surface area contributed by atoms with Gasteiger partial charge in [-0.2, -0.15) is 8.42 Å². The number of rotatable bonds is 6. The van der Waals surface area contributed by atoms with Gasteiger partial charge in [0, 0.05) is 31.4 Å². The van der Waals surface area contributed by atoms with E-state index in [4.69, 9.17) is 0 Å². The van der Waals surface area contributed by atoms with Crippen LogP contribution in [0.3, 0.4) is 0 Å². The number of aryl methyl sites for hydroxylation is 1. The van der Waals surface area contributed by atoms with Crippen molar-refractivity contribution in [3.8, 4) is 5.69 Å². The molecule has 152 valence electrons. The Bertz CT molecular complexity index is 1310. The van der Waals surface area contributed by atoms with E-state index in [1.54, 1.807) is 0 Å². The third-order valence-electron chi connectivity index (χ3n) is 4.32. The molecule has 29 heavy (non-hydrogen) atoms. The molecule has 3 heterocycles. The smallest absolute Gasteiger partial charge is 0.316 e. The number of H-pyrrole nitrogens is 1. The molecule has 4 rings (SSSR count). The number of aromatic amines is 1. The number of nitro benzene ring substituents is 1. The monoisotopic (exact) mass is 423 g/mol. The van der Waals surface area contributed by atoms with E-state index in [1.807, 2.05) is 0 Å². The predicted molar refractivity (Wildman–Crippen MR) is 96.7 cm³/mol. The predicted octanol–water partition coefficient (Wildman–Crippen LogP) is 0.182. The summed E-state index contributed by atoms with van der Waals surface area (Å²) < 4.78 is 33.3. The molecule has 1 fully saturated rings. The van der Waals surface area contributed by atoms with E-state index < -0.39 is 32.7 Å². The number of hydrogen-bond donors (Lipinski definition) is 1. The van der Waals surface area contributed by atoms with Crippen LogP contribution in [-0.4, -0.2) is 38.7 Å². The Hall–Kier alpha value is -3.36. The molecule has 2 aromatic heterocycles. The summed E-state index contributed by atoms with van der Waals surface area (Å²) in [6.07, 6.45) is 3.81. The Kier molecular flexibility index (Phi) is 4.52. The summed E-state index contributed by atoms with van der Waals surface area (Å²) in [6, 6.07) is 2.58. The van der Waals surface area contributed by atoms with E-state index in [2.05, 4.69) is 18.3 Å². The zero-order valence-electron chi connectivity index (χ0n) is 14.5. The van der Waals surface area contributed by atoms with E-state index >= 15 is 0 Å². The van der Waals surface area contributed by atoms with Gasteiger partial charge in [-0.05, 0) is 12.5 Å². The van der Waals surface area contributed by atoms with Crippen LogP contribution < -0.4 is 11.1 Å². The van der Waals surface area contributed by atoms with Gasteiger partial charge in [-0.3, -0.25) is 19.7 Å². The van der Waals surface area contributed by atoms with Crippen molar-refractivity contribution in [2.45, 2.75) is 25.7 Å². The highest BCUT2D eigenvalue weighted by Gasteiger charge is 2.35. The van der Waals surface area contributed by atoms with Crippen molar-refractivity contribution in [2.24, 2.45) is 0 Å². The Morgan fingerprint density at radius 2 is 2.03 bits per heavy atom. The number of benzene rings is 1. The average Bonchev–Trinajstić information content (AvgIpc) is 3.16. The molecular weight excluding hydrogens is 410 g/mol. The van der Waals surface area contributed by atoms with Crippen molar-refractivity contribution in [1.29, 1.82) is 0 Å². The van der Waals surface area contributed by atoms with E-state index in [0.717, 1.165) is 0 Å². The Balaban J connectivity index is 1.75. The molecule has 0 spiro atoms. The summed E-state index contributed by atoms with van der Waals surface area (Å²) in [5, 5.41) is 11.5. The highest BCUT2D eigenvalue weighted by molar-refractivity contribution is 7.82. The number of aromatic nitrogens is 4. The van der Waals surface area contributed by atoms with Crippen LogP contribution in [0.5, 0.6) is 0 Å². The van der Waals surface area contributed by atoms with Crippen molar-refractivity contribution < 1.29 is 21.7 Å². The first-order chi connectivity index (χ1) is 13.7. The molecule has 3 aromatic rings. The molecule has 0 amide bonds. The SMILES string of the molecule is O=c1[nH]c2cc([N+](=O)[O-])c(-n3ccnc3)cc2n(CCCC2OS(=O)(=O)O2)c1=O. The third kappa shape index (κ3) is 3.55. The van der Waals surface area contributed by atoms with Gasteiger partial charge in [0.15, 0.2) is 6.29 Å². The largest absolute Gasteiger partial charge is 0.404 e. The lowest BCUT2D eigenvalue weighted by Gasteiger charge is -2.24. The minimum atomic E-state index is -3.91. The molecule has 1 aromatic carbocycles. The Morgan fingerprint density at radius 1 is 1.28 bits per heavy atom. The second-order valence-corrected chi connectivity index (χ2v) is 7.37. The highest BCUT2D eigenvalue weighted by atomic mass is 32.3. The molecule has 1 saturated heterocycles. The van der Waals surface area contributed by atoms with Gasteiger partial charge in [0.2, 0.25) is 0 Å². The van der Waals surface area contributed by atoms with Crippen molar-refractivity contribution in [3.05, 3.63) is 61.7 Å². The minimum absolute atomic E-state index is 0.0453. The van der Waals surface area contributed by atoms with Crippen LogP contribution in [0.4, 0.5) is 5.69 Å². The molecule has 14 heteroatoms. The first-order valence-electron chi connectivity index (χ1n) is 8.30. The maximum Gasteiger partial charge on any atom is 0.404 e. The summed E-state index contributed by atoms with van der Waals surface area (Å²) in [6.45, 7) is 0.0453. The van der Waals surface area contributed by atoms with Crippen LogP contribution in [0.25, 0.3) is 16.7 Å². The van der Waals surface area contributed by atoms with Crippen molar-refractivity contribution in [2.75, 3.05) is 0 Å². The highest BCUT2D eigenvalue weighted by Crippen LogP contribution is 2.28. The van der Waals surface area contributed by atoms with Crippen LogP contribution in [0.1, 0.15) is 12.8 Å². The van der Waals surface area contributed by atoms with Gasteiger partial charge in [-0.1, -0.05) is 0 Å². The first-order valence-corrected chi connectivity index (χ1v) is 9.63. The van der Waals surface area contributed by atoms with E-state index in [1.165, 1.54) is 40.0 Å². The van der Waals surface area contributed by atoms with E-state index in [-0.39, 0.29) is 41.8 Å².